The van der Waals surface area contributed by atoms with Gasteiger partial charge >= 0.3 is 0 Å². The maximum Gasteiger partial charge on any atom is 0.251 e. The van der Waals surface area contributed by atoms with Crippen molar-refractivity contribution in [2.45, 2.75) is 12.2 Å². The highest BCUT2D eigenvalue weighted by molar-refractivity contribution is 5.81. The lowest BCUT2D eigenvalue weighted by Crippen LogP contribution is -2.43. The molecule has 1 aliphatic rings. The van der Waals surface area contributed by atoms with Gasteiger partial charge in [0.05, 0.1) is 25.9 Å². The van der Waals surface area contributed by atoms with Crippen molar-refractivity contribution in [1.29, 1.82) is 0 Å². The van der Waals surface area contributed by atoms with E-state index in [-0.39, 0.29) is 19.1 Å². The number of benzene rings is 1. The Balaban J connectivity index is 1.80. The van der Waals surface area contributed by atoms with E-state index in [1.165, 1.54) is 0 Å². The fraction of sp³-hybridized carbons (Fsp3) is 0.462. The van der Waals surface area contributed by atoms with Gasteiger partial charge in [-0.25, -0.2) is 0 Å². The van der Waals surface area contributed by atoms with Gasteiger partial charge in [-0.2, -0.15) is 0 Å². The molecule has 4 N–H and O–H groups in total. The molecule has 6 heteroatoms. The van der Waals surface area contributed by atoms with E-state index in [4.69, 9.17) is 15.2 Å². The van der Waals surface area contributed by atoms with E-state index in [2.05, 4.69) is 5.32 Å². The van der Waals surface area contributed by atoms with Crippen LogP contribution in [0, 0.1) is 0 Å². The average molecular weight is 266 g/mol. The number of nitrogen functional groups attached to an aromatic ring is 1. The number of carbonyl (C=O) groups is 1. The Morgan fingerprint density at radius 2 is 2.16 bits per heavy atom. The summed E-state index contributed by atoms with van der Waals surface area (Å²) in [7, 11) is 0. The molecular formula is C13H18N2O4. The summed E-state index contributed by atoms with van der Waals surface area (Å²) in [6.07, 6.45) is -1.36. The number of amides is 1. The van der Waals surface area contributed by atoms with Crippen molar-refractivity contribution >= 4 is 11.6 Å². The summed E-state index contributed by atoms with van der Waals surface area (Å²) in [5, 5.41) is 12.6. The number of aliphatic hydroxyl groups is 1. The predicted octanol–water partition coefficient (Wildman–Crippen LogP) is -0.166. The van der Waals surface area contributed by atoms with Gasteiger partial charge in [-0.15, -0.1) is 0 Å². The van der Waals surface area contributed by atoms with Crippen LogP contribution in [0.2, 0.25) is 0 Å². The number of rotatable bonds is 4. The lowest BCUT2D eigenvalue weighted by molar-refractivity contribution is -0.147. The van der Waals surface area contributed by atoms with Gasteiger partial charge in [-0.1, -0.05) is 12.1 Å². The van der Waals surface area contributed by atoms with Crippen LogP contribution in [0.3, 0.4) is 0 Å². The van der Waals surface area contributed by atoms with Crippen LogP contribution < -0.4 is 11.1 Å². The van der Waals surface area contributed by atoms with Crippen molar-refractivity contribution in [3.05, 3.63) is 29.8 Å². The Morgan fingerprint density at radius 1 is 1.42 bits per heavy atom. The van der Waals surface area contributed by atoms with Crippen LogP contribution in [0.25, 0.3) is 0 Å². The van der Waals surface area contributed by atoms with Crippen molar-refractivity contribution in [2.75, 3.05) is 32.1 Å². The molecule has 1 saturated heterocycles. The van der Waals surface area contributed by atoms with Crippen LogP contribution >= 0.6 is 0 Å². The van der Waals surface area contributed by atoms with Gasteiger partial charge in [0.2, 0.25) is 0 Å². The van der Waals surface area contributed by atoms with Crippen LogP contribution in [-0.2, 0) is 14.3 Å². The second-order valence-electron chi connectivity index (χ2n) is 4.36. The van der Waals surface area contributed by atoms with E-state index in [1.807, 2.05) is 0 Å². The standard InChI is InChI=1S/C13H18N2O4/c14-10-3-1-9(2-4-10)11(16)7-15-13(17)12-8-18-5-6-19-12/h1-4,11-12,16H,5-8,14H2,(H,15,17). The SMILES string of the molecule is Nc1ccc(C(O)CNC(=O)C2COCCO2)cc1. The first-order chi connectivity index (χ1) is 9.16. The summed E-state index contributed by atoms with van der Waals surface area (Å²) < 4.78 is 10.4. The fourth-order valence-corrected chi connectivity index (χ4v) is 1.79. The molecule has 0 aliphatic carbocycles. The Morgan fingerprint density at radius 3 is 2.79 bits per heavy atom. The molecule has 0 saturated carbocycles. The molecule has 1 fully saturated rings. The van der Waals surface area contributed by atoms with Crippen LogP contribution in [0.5, 0.6) is 0 Å². The molecule has 2 rings (SSSR count). The summed E-state index contributed by atoms with van der Waals surface area (Å²) in [5.74, 6) is -0.269. The normalized spacial score (nSPS) is 20.8. The third-order valence-electron chi connectivity index (χ3n) is 2.90. The molecule has 6 nitrogen and oxygen atoms in total. The summed E-state index contributed by atoms with van der Waals surface area (Å²) in [5.41, 5.74) is 6.90. The van der Waals surface area contributed by atoms with E-state index >= 15 is 0 Å². The van der Waals surface area contributed by atoms with Gasteiger partial charge in [-0.3, -0.25) is 4.79 Å². The highest BCUT2D eigenvalue weighted by atomic mass is 16.6. The van der Waals surface area contributed by atoms with E-state index in [0.717, 1.165) is 0 Å². The zero-order valence-corrected chi connectivity index (χ0v) is 10.5. The Hall–Kier alpha value is -1.63. The van der Waals surface area contributed by atoms with Crippen molar-refractivity contribution in [1.82, 2.24) is 5.32 Å². The molecule has 19 heavy (non-hydrogen) atoms. The molecule has 1 amide bonds. The van der Waals surface area contributed by atoms with Crippen molar-refractivity contribution in [3.8, 4) is 0 Å². The molecule has 1 aliphatic heterocycles. The third kappa shape index (κ3) is 3.92. The lowest BCUT2D eigenvalue weighted by atomic mass is 10.1. The van der Waals surface area contributed by atoms with Crippen LogP contribution in [0.1, 0.15) is 11.7 Å². The smallest absolute Gasteiger partial charge is 0.251 e. The second-order valence-corrected chi connectivity index (χ2v) is 4.36. The summed E-state index contributed by atoms with van der Waals surface area (Å²) in [6, 6.07) is 6.87. The Labute approximate surface area is 111 Å². The first-order valence-electron chi connectivity index (χ1n) is 6.17. The number of aliphatic hydroxyl groups excluding tert-OH is 1. The molecule has 1 aromatic rings. The number of hydrogen-bond acceptors (Lipinski definition) is 5. The van der Waals surface area contributed by atoms with E-state index in [1.54, 1.807) is 24.3 Å². The molecule has 2 unspecified atom stereocenters. The molecule has 0 bridgehead atoms. The van der Waals surface area contributed by atoms with Gasteiger partial charge in [0, 0.05) is 12.2 Å². The largest absolute Gasteiger partial charge is 0.399 e. The predicted molar refractivity (Wildman–Crippen MR) is 69.4 cm³/mol. The Kier molecular flexibility index (Phi) is 4.73. The van der Waals surface area contributed by atoms with Gasteiger partial charge in [0.1, 0.15) is 0 Å². The number of ether oxygens (including phenoxy) is 2. The maximum absolute atomic E-state index is 11.7. The fourth-order valence-electron chi connectivity index (χ4n) is 1.79. The minimum Gasteiger partial charge on any atom is -0.399 e. The average Bonchev–Trinajstić information content (AvgIpc) is 2.46. The molecular weight excluding hydrogens is 248 g/mol. The van der Waals surface area contributed by atoms with Crippen molar-refractivity contribution in [3.63, 3.8) is 0 Å². The number of anilines is 1. The summed E-state index contributed by atoms with van der Waals surface area (Å²) in [6.45, 7) is 1.31. The third-order valence-corrected chi connectivity index (χ3v) is 2.90. The first-order valence-corrected chi connectivity index (χ1v) is 6.17. The minimum atomic E-state index is -0.769. The highest BCUT2D eigenvalue weighted by Gasteiger charge is 2.23. The number of nitrogens with one attached hydrogen (secondary N) is 1. The number of hydrogen-bond donors (Lipinski definition) is 3. The molecule has 0 spiro atoms. The lowest BCUT2D eigenvalue weighted by Gasteiger charge is -2.22. The number of nitrogens with two attached hydrogens (primary N) is 1. The Bertz CT molecular complexity index is 415. The summed E-state index contributed by atoms with van der Waals surface area (Å²) >= 11 is 0. The van der Waals surface area contributed by atoms with Crippen LogP contribution in [0.4, 0.5) is 5.69 Å². The van der Waals surface area contributed by atoms with Crippen LogP contribution in [-0.4, -0.2) is 43.5 Å². The van der Waals surface area contributed by atoms with Gasteiger partial charge in [0.25, 0.3) is 5.91 Å². The summed E-state index contributed by atoms with van der Waals surface area (Å²) in [4.78, 5) is 11.7. The zero-order chi connectivity index (χ0) is 13.7. The quantitative estimate of drug-likeness (QED) is 0.658. The van der Waals surface area contributed by atoms with E-state index < -0.39 is 12.2 Å². The molecule has 1 aromatic carbocycles. The highest BCUT2D eigenvalue weighted by Crippen LogP contribution is 2.14. The topological polar surface area (TPSA) is 93.8 Å². The minimum absolute atomic E-state index is 0.128. The molecule has 104 valence electrons. The molecule has 2 atom stereocenters. The number of carbonyl (C=O) groups excluding carboxylic acids is 1. The monoisotopic (exact) mass is 266 g/mol. The van der Waals surface area contributed by atoms with Crippen LogP contribution in [0.15, 0.2) is 24.3 Å². The van der Waals surface area contributed by atoms with Gasteiger partial charge in [-0.05, 0) is 17.7 Å². The molecule has 0 radical (unpaired) electrons. The molecule has 1 heterocycles. The van der Waals surface area contributed by atoms with Crippen molar-refractivity contribution < 1.29 is 19.4 Å². The van der Waals surface area contributed by atoms with Crippen molar-refractivity contribution in [2.24, 2.45) is 0 Å². The van der Waals surface area contributed by atoms with E-state index in [0.29, 0.717) is 24.5 Å². The molecule has 0 aromatic heterocycles. The van der Waals surface area contributed by atoms with Gasteiger partial charge < -0.3 is 25.6 Å². The maximum atomic E-state index is 11.7. The van der Waals surface area contributed by atoms with Gasteiger partial charge in [0.15, 0.2) is 6.10 Å². The van der Waals surface area contributed by atoms with E-state index in [9.17, 15) is 9.90 Å². The first kappa shape index (κ1) is 13.8. The second kappa shape index (κ2) is 6.51. The zero-order valence-electron chi connectivity index (χ0n) is 10.5.